The van der Waals surface area contributed by atoms with Gasteiger partial charge in [0.15, 0.2) is 0 Å². The van der Waals surface area contributed by atoms with Crippen molar-refractivity contribution in [3.8, 4) is 0 Å². The van der Waals surface area contributed by atoms with Gasteiger partial charge in [-0.05, 0) is 42.3 Å². The first kappa shape index (κ1) is 13.5. The van der Waals surface area contributed by atoms with Gasteiger partial charge in [0.25, 0.3) is 0 Å². The molecule has 0 fully saturated rings. The van der Waals surface area contributed by atoms with E-state index in [1.54, 1.807) is 19.3 Å². The van der Waals surface area contributed by atoms with Crippen LogP contribution in [0.5, 0.6) is 0 Å². The lowest BCUT2D eigenvalue weighted by Crippen LogP contribution is -2.33. The summed E-state index contributed by atoms with van der Waals surface area (Å²) in [5, 5.41) is 25.5. The first-order valence-corrected chi connectivity index (χ1v) is 7.19. The number of aliphatic carboxylic acids is 1. The lowest BCUT2D eigenvalue weighted by molar-refractivity contribution is -0.141. The van der Waals surface area contributed by atoms with E-state index in [0.717, 1.165) is 21.8 Å². The predicted octanol–water partition coefficient (Wildman–Crippen LogP) is 2.83. The van der Waals surface area contributed by atoms with Gasteiger partial charge in [-0.15, -0.1) is 0 Å². The van der Waals surface area contributed by atoms with E-state index in [1.807, 2.05) is 36.4 Å². The highest BCUT2D eigenvalue weighted by atomic mass is 16.4. The minimum Gasteiger partial charge on any atom is -0.480 e. The molecule has 0 atom stereocenters. The Morgan fingerprint density at radius 3 is 1.87 bits per heavy atom. The van der Waals surface area contributed by atoms with Crippen molar-refractivity contribution >= 4 is 27.8 Å². The van der Waals surface area contributed by atoms with Crippen LogP contribution in [0.25, 0.3) is 21.8 Å². The van der Waals surface area contributed by atoms with Crippen molar-refractivity contribution in [1.82, 2.24) is 20.4 Å². The first-order valence-electron chi connectivity index (χ1n) is 7.19. The Balaban J connectivity index is 1.95. The maximum Gasteiger partial charge on any atom is 0.318 e. The van der Waals surface area contributed by atoms with E-state index in [-0.39, 0.29) is 0 Å². The van der Waals surface area contributed by atoms with Crippen LogP contribution in [0.15, 0.2) is 48.8 Å². The Morgan fingerprint density at radius 2 is 1.43 bits per heavy atom. The standard InChI is InChI=1S/C17H14N4O2/c1-17(16(22)23,12-2-4-14-10(6-12)8-18-20-14)13-3-5-15-11(7-13)9-19-21-15/h2-9H,1H3,(H,18,20)(H,19,21)(H,22,23). The summed E-state index contributed by atoms with van der Waals surface area (Å²) < 4.78 is 0. The largest absolute Gasteiger partial charge is 0.480 e. The summed E-state index contributed by atoms with van der Waals surface area (Å²) in [6.07, 6.45) is 3.39. The third kappa shape index (κ3) is 1.92. The number of carboxylic acid groups (broad SMARTS) is 1. The number of rotatable bonds is 3. The lowest BCUT2D eigenvalue weighted by atomic mass is 9.76. The highest BCUT2D eigenvalue weighted by Gasteiger charge is 2.37. The molecule has 4 aromatic rings. The Labute approximate surface area is 131 Å². The number of hydrogen-bond acceptors (Lipinski definition) is 3. The fourth-order valence-corrected chi connectivity index (χ4v) is 2.92. The van der Waals surface area contributed by atoms with Crippen LogP contribution in [0.4, 0.5) is 0 Å². The maximum atomic E-state index is 12.1. The number of H-pyrrole nitrogens is 2. The Morgan fingerprint density at radius 1 is 0.957 bits per heavy atom. The second-order valence-corrected chi connectivity index (χ2v) is 5.77. The molecular weight excluding hydrogens is 292 g/mol. The number of nitrogens with one attached hydrogen (secondary N) is 2. The fraction of sp³-hybridized carbons (Fsp3) is 0.118. The van der Waals surface area contributed by atoms with Crippen LogP contribution < -0.4 is 0 Å². The van der Waals surface area contributed by atoms with Crippen LogP contribution in [0.2, 0.25) is 0 Å². The van der Waals surface area contributed by atoms with Gasteiger partial charge in [-0.3, -0.25) is 15.0 Å². The number of fused-ring (bicyclic) bond motifs is 2. The number of aromatic nitrogens is 4. The molecule has 4 rings (SSSR count). The first-order chi connectivity index (χ1) is 11.1. The molecule has 0 aliphatic rings. The van der Waals surface area contributed by atoms with Gasteiger partial charge in [-0.2, -0.15) is 10.2 Å². The van der Waals surface area contributed by atoms with Crippen LogP contribution in [0, 0.1) is 0 Å². The molecule has 0 unspecified atom stereocenters. The zero-order chi connectivity index (χ0) is 16.0. The summed E-state index contributed by atoms with van der Waals surface area (Å²) in [5.74, 6) is -0.900. The highest BCUT2D eigenvalue weighted by molar-refractivity contribution is 5.90. The summed E-state index contributed by atoms with van der Waals surface area (Å²) >= 11 is 0. The molecule has 0 aliphatic carbocycles. The van der Waals surface area contributed by atoms with E-state index in [4.69, 9.17) is 0 Å². The average Bonchev–Trinajstić information content (AvgIpc) is 3.20. The molecule has 23 heavy (non-hydrogen) atoms. The zero-order valence-corrected chi connectivity index (χ0v) is 12.4. The molecule has 0 saturated carbocycles. The number of carbonyl (C=O) groups is 1. The quantitative estimate of drug-likeness (QED) is 0.542. The van der Waals surface area contributed by atoms with E-state index in [1.165, 1.54) is 0 Å². The van der Waals surface area contributed by atoms with Gasteiger partial charge >= 0.3 is 5.97 Å². The minimum absolute atomic E-state index is 0.710. The van der Waals surface area contributed by atoms with E-state index in [0.29, 0.717) is 11.1 Å². The summed E-state index contributed by atoms with van der Waals surface area (Å²) in [5.41, 5.74) is 2.03. The molecule has 6 nitrogen and oxygen atoms in total. The molecule has 2 aromatic carbocycles. The molecule has 0 saturated heterocycles. The van der Waals surface area contributed by atoms with Crippen molar-refractivity contribution in [1.29, 1.82) is 0 Å². The monoisotopic (exact) mass is 306 g/mol. The molecule has 0 spiro atoms. The van der Waals surface area contributed by atoms with E-state index >= 15 is 0 Å². The number of aromatic amines is 2. The Bertz CT molecular complexity index is 957. The highest BCUT2D eigenvalue weighted by Crippen LogP contribution is 2.35. The Kier molecular flexibility index (Phi) is 2.74. The molecule has 3 N–H and O–H groups in total. The van der Waals surface area contributed by atoms with Crippen LogP contribution in [0.3, 0.4) is 0 Å². The van der Waals surface area contributed by atoms with Crippen molar-refractivity contribution in [2.45, 2.75) is 12.3 Å². The van der Waals surface area contributed by atoms with Gasteiger partial charge in [0.2, 0.25) is 0 Å². The Hall–Kier alpha value is -3.15. The maximum absolute atomic E-state index is 12.1. The van der Waals surface area contributed by atoms with Crippen molar-refractivity contribution < 1.29 is 9.90 Å². The molecule has 0 bridgehead atoms. The van der Waals surface area contributed by atoms with Crippen LogP contribution >= 0.6 is 0 Å². The summed E-state index contributed by atoms with van der Waals surface area (Å²) in [7, 11) is 0. The predicted molar refractivity (Wildman–Crippen MR) is 86.3 cm³/mol. The number of carboxylic acids is 1. The van der Waals surface area contributed by atoms with Crippen molar-refractivity contribution in [3.63, 3.8) is 0 Å². The molecule has 0 aliphatic heterocycles. The van der Waals surface area contributed by atoms with E-state index < -0.39 is 11.4 Å². The minimum atomic E-state index is -1.16. The SMILES string of the molecule is CC(C(=O)O)(c1ccc2[nH]ncc2c1)c1ccc2[nH]ncc2c1. The average molecular weight is 306 g/mol. The van der Waals surface area contributed by atoms with Gasteiger partial charge in [0.05, 0.1) is 23.4 Å². The van der Waals surface area contributed by atoms with Gasteiger partial charge < -0.3 is 5.11 Å². The van der Waals surface area contributed by atoms with E-state index in [9.17, 15) is 9.90 Å². The van der Waals surface area contributed by atoms with Crippen molar-refractivity contribution in [2.24, 2.45) is 0 Å². The molecule has 2 aromatic heterocycles. The van der Waals surface area contributed by atoms with Crippen molar-refractivity contribution in [2.75, 3.05) is 0 Å². The summed E-state index contributed by atoms with van der Waals surface area (Å²) in [6, 6.07) is 11.1. The van der Waals surface area contributed by atoms with Gasteiger partial charge in [-0.1, -0.05) is 12.1 Å². The molecule has 2 heterocycles. The van der Waals surface area contributed by atoms with Gasteiger partial charge in [0.1, 0.15) is 5.41 Å². The van der Waals surface area contributed by atoms with Crippen LogP contribution in [-0.2, 0) is 10.2 Å². The normalized spacial score (nSPS) is 12.0. The number of hydrogen-bond donors (Lipinski definition) is 3. The van der Waals surface area contributed by atoms with Gasteiger partial charge in [0, 0.05) is 10.8 Å². The molecule has 0 amide bonds. The molecule has 114 valence electrons. The van der Waals surface area contributed by atoms with E-state index in [2.05, 4.69) is 20.4 Å². The van der Waals surface area contributed by atoms with Gasteiger partial charge in [-0.25, -0.2) is 0 Å². The number of nitrogens with zero attached hydrogens (tertiary/aromatic N) is 2. The third-order valence-corrected chi connectivity index (χ3v) is 4.46. The smallest absolute Gasteiger partial charge is 0.318 e. The third-order valence-electron chi connectivity index (χ3n) is 4.46. The fourth-order valence-electron chi connectivity index (χ4n) is 2.92. The van der Waals surface area contributed by atoms with Crippen LogP contribution in [0.1, 0.15) is 18.1 Å². The zero-order valence-electron chi connectivity index (χ0n) is 12.4. The topological polar surface area (TPSA) is 94.7 Å². The second kappa shape index (κ2) is 4.67. The second-order valence-electron chi connectivity index (χ2n) is 5.77. The molecule has 6 heteroatoms. The molecule has 0 radical (unpaired) electrons. The number of benzene rings is 2. The summed E-state index contributed by atoms with van der Waals surface area (Å²) in [4.78, 5) is 12.1. The lowest BCUT2D eigenvalue weighted by Gasteiger charge is -2.26. The molecular formula is C17H14N4O2. The van der Waals surface area contributed by atoms with Crippen molar-refractivity contribution in [3.05, 3.63) is 59.9 Å². The summed E-state index contributed by atoms with van der Waals surface area (Å²) in [6.45, 7) is 1.72. The van der Waals surface area contributed by atoms with Crippen LogP contribution in [-0.4, -0.2) is 31.5 Å².